The number of urea groups is 1. The highest BCUT2D eigenvalue weighted by atomic mass is 16.5. The molecule has 0 unspecified atom stereocenters. The zero-order chi connectivity index (χ0) is 18.2. The van der Waals surface area contributed by atoms with E-state index < -0.39 is 0 Å². The molecule has 0 radical (unpaired) electrons. The molecule has 0 spiro atoms. The Morgan fingerprint density at radius 2 is 1.88 bits per heavy atom. The number of piperazine rings is 1. The Morgan fingerprint density at radius 3 is 2.54 bits per heavy atom. The Morgan fingerprint density at radius 1 is 1.12 bits per heavy atom. The highest BCUT2D eigenvalue weighted by Gasteiger charge is 2.20. The third kappa shape index (κ3) is 5.49. The van der Waals surface area contributed by atoms with Crippen molar-refractivity contribution in [3.8, 4) is 5.75 Å². The van der Waals surface area contributed by atoms with E-state index in [9.17, 15) is 4.79 Å². The molecule has 2 aliphatic rings. The van der Waals surface area contributed by atoms with Crippen LogP contribution < -0.4 is 10.1 Å². The number of carbonyl (C=O) groups is 1. The summed E-state index contributed by atoms with van der Waals surface area (Å²) in [5.41, 5.74) is 2.80. The second-order valence-electron chi connectivity index (χ2n) is 7.20. The van der Waals surface area contributed by atoms with Crippen LogP contribution in [0.2, 0.25) is 0 Å². The quantitative estimate of drug-likeness (QED) is 0.794. The normalized spacial score (nSPS) is 18.3. The maximum Gasteiger partial charge on any atom is 0.317 e. The highest BCUT2D eigenvalue weighted by Crippen LogP contribution is 2.19. The third-order valence-electron chi connectivity index (χ3n) is 5.33. The Kier molecular flexibility index (Phi) is 6.95. The summed E-state index contributed by atoms with van der Waals surface area (Å²) in [6, 6.07) is 8.31. The van der Waals surface area contributed by atoms with Gasteiger partial charge in [0.05, 0.1) is 7.11 Å². The second kappa shape index (κ2) is 9.62. The summed E-state index contributed by atoms with van der Waals surface area (Å²) in [5, 5.41) is 3.09. The summed E-state index contributed by atoms with van der Waals surface area (Å²) in [5.74, 6) is 0.888. The molecule has 26 heavy (non-hydrogen) atoms. The van der Waals surface area contributed by atoms with Crippen molar-refractivity contribution in [1.29, 1.82) is 0 Å². The molecule has 1 aromatic rings. The fourth-order valence-corrected chi connectivity index (χ4v) is 3.67. The van der Waals surface area contributed by atoms with Gasteiger partial charge in [0, 0.05) is 39.3 Å². The molecule has 0 saturated carbocycles. The van der Waals surface area contributed by atoms with Gasteiger partial charge >= 0.3 is 6.03 Å². The van der Waals surface area contributed by atoms with E-state index in [0.29, 0.717) is 0 Å². The summed E-state index contributed by atoms with van der Waals surface area (Å²) < 4.78 is 5.20. The van der Waals surface area contributed by atoms with Gasteiger partial charge in [0.25, 0.3) is 0 Å². The molecule has 1 N–H and O–H groups in total. The molecule has 1 heterocycles. The molecule has 142 valence electrons. The zero-order valence-corrected chi connectivity index (χ0v) is 15.9. The first-order chi connectivity index (χ1) is 12.7. The fourth-order valence-electron chi connectivity index (χ4n) is 3.67. The molecule has 1 fully saturated rings. The minimum Gasteiger partial charge on any atom is -0.497 e. The standard InChI is InChI=1S/C21H31N3O2/c1-26-20-9-7-19(8-10-20)17-23-13-15-24(16-14-23)21(25)22-12-11-18-5-3-2-4-6-18/h5,7-10H,2-4,6,11-17H2,1H3,(H,22,25). The summed E-state index contributed by atoms with van der Waals surface area (Å²) in [6.07, 6.45) is 8.39. The number of benzene rings is 1. The van der Waals surface area contributed by atoms with Crippen molar-refractivity contribution < 1.29 is 9.53 Å². The average Bonchev–Trinajstić information content (AvgIpc) is 2.70. The van der Waals surface area contributed by atoms with Gasteiger partial charge in [-0.2, -0.15) is 0 Å². The molecular weight excluding hydrogens is 326 g/mol. The van der Waals surface area contributed by atoms with Crippen LogP contribution in [0.5, 0.6) is 5.75 Å². The molecule has 0 bridgehead atoms. The van der Waals surface area contributed by atoms with Gasteiger partial charge in [0.2, 0.25) is 0 Å². The number of amides is 2. The number of hydrogen-bond donors (Lipinski definition) is 1. The van der Waals surface area contributed by atoms with Crippen molar-refractivity contribution in [3.05, 3.63) is 41.5 Å². The van der Waals surface area contributed by atoms with Crippen LogP contribution in [0.4, 0.5) is 4.79 Å². The average molecular weight is 357 g/mol. The van der Waals surface area contributed by atoms with Crippen LogP contribution in [0.3, 0.4) is 0 Å². The number of carbonyl (C=O) groups excluding carboxylic acids is 1. The van der Waals surface area contributed by atoms with Crippen LogP contribution in [-0.4, -0.2) is 55.7 Å². The van der Waals surface area contributed by atoms with Gasteiger partial charge in [0.1, 0.15) is 5.75 Å². The number of rotatable bonds is 6. The van der Waals surface area contributed by atoms with E-state index in [4.69, 9.17) is 4.74 Å². The largest absolute Gasteiger partial charge is 0.497 e. The predicted octanol–water partition coefficient (Wildman–Crippen LogP) is 3.41. The highest BCUT2D eigenvalue weighted by molar-refractivity contribution is 5.74. The molecule has 0 atom stereocenters. The number of methoxy groups -OCH3 is 1. The van der Waals surface area contributed by atoms with Crippen LogP contribution >= 0.6 is 0 Å². The number of ether oxygens (including phenoxy) is 1. The zero-order valence-electron chi connectivity index (χ0n) is 15.9. The number of nitrogens with one attached hydrogen (secondary N) is 1. The SMILES string of the molecule is COc1ccc(CN2CCN(C(=O)NCCC3=CCCCC3)CC2)cc1. The monoisotopic (exact) mass is 357 g/mol. The lowest BCUT2D eigenvalue weighted by Crippen LogP contribution is -2.51. The van der Waals surface area contributed by atoms with Crippen molar-refractivity contribution >= 4 is 6.03 Å². The van der Waals surface area contributed by atoms with E-state index in [2.05, 4.69) is 28.4 Å². The lowest BCUT2D eigenvalue weighted by Gasteiger charge is -2.34. The fraction of sp³-hybridized carbons (Fsp3) is 0.571. The van der Waals surface area contributed by atoms with E-state index in [1.54, 1.807) is 7.11 Å². The van der Waals surface area contributed by atoms with Crippen molar-refractivity contribution in [2.24, 2.45) is 0 Å². The third-order valence-corrected chi connectivity index (χ3v) is 5.33. The van der Waals surface area contributed by atoms with Crippen LogP contribution in [0.25, 0.3) is 0 Å². The molecule has 1 aliphatic heterocycles. The van der Waals surface area contributed by atoms with E-state index in [0.717, 1.165) is 51.4 Å². The van der Waals surface area contributed by atoms with E-state index in [-0.39, 0.29) is 6.03 Å². The summed E-state index contributed by atoms with van der Waals surface area (Å²) in [6.45, 7) is 5.12. The first-order valence-corrected chi connectivity index (χ1v) is 9.80. The maximum atomic E-state index is 12.3. The second-order valence-corrected chi connectivity index (χ2v) is 7.20. The predicted molar refractivity (Wildman–Crippen MR) is 104 cm³/mol. The Hall–Kier alpha value is -2.01. The molecule has 0 aromatic heterocycles. The van der Waals surface area contributed by atoms with Crippen molar-refractivity contribution in [3.63, 3.8) is 0 Å². The van der Waals surface area contributed by atoms with Gasteiger partial charge in [-0.15, -0.1) is 0 Å². The van der Waals surface area contributed by atoms with Gasteiger partial charge in [-0.05, 0) is 49.8 Å². The van der Waals surface area contributed by atoms with Crippen molar-refractivity contribution in [2.75, 3.05) is 39.8 Å². The molecule has 5 nitrogen and oxygen atoms in total. The molecular formula is C21H31N3O2. The number of allylic oxidation sites excluding steroid dienone is 1. The van der Waals surface area contributed by atoms with Gasteiger partial charge in [0.15, 0.2) is 0 Å². The number of hydrogen-bond acceptors (Lipinski definition) is 3. The summed E-state index contributed by atoms with van der Waals surface area (Å²) in [4.78, 5) is 16.7. The Bertz CT molecular complexity index is 604. The van der Waals surface area contributed by atoms with Gasteiger partial charge in [-0.25, -0.2) is 4.79 Å². The molecule has 1 aliphatic carbocycles. The lowest BCUT2D eigenvalue weighted by atomic mass is 9.97. The van der Waals surface area contributed by atoms with Crippen molar-refractivity contribution in [1.82, 2.24) is 15.1 Å². The Labute approximate surface area is 157 Å². The van der Waals surface area contributed by atoms with E-state index >= 15 is 0 Å². The summed E-state index contributed by atoms with van der Waals surface area (Å²) >= 11 is 0. The number of nitrogens with zero attached hydrogens (tertiary/aromatic N) is 2. The van der Waals surface area contributed by atoms with Gasteiger partial charge < -0.3 is 15.0 Å². The smallest absolute Gasteiger partial charge is 0.317 e. The minimum absolute atomic E-state index is 0.0884. The lowest BCUT2D eigenvalue weighted by molar-refractivity contribution is 0.135. The molecule has 3 rings (SSSR count). The van der Waals surface area contributed by atoms with Crippen LogP contribution in [0, 0.1) is 0 Å². The van der Waals surface area contributed by atoms with E-state index in [1.165, 1.54) is 36.8 Å². The molecule has 1 aromatic carbocycles. The first kappa shape index (κ1) is 18.8. The van der Waals surface area contributed by atoms with Crippen LogP contribution in [0.1, 0.15) is 37.7 Å². The maximum absolute atomic E-state index is 12.3. The van der Waals surface area contributed by atoms with E-state index in [1.807, 2.05) is 17.0 Å². The molecule has 5 heteroatoms. The van der Waals surface area contributed by atoms with Crippen molar-refractivity contribution in [2.45, 2.75) is 38.6 Å². The minimum atomic E-state index is 0.0884. The van der Waals surface area contributed by atoms with Gasteiger partial charge in [-0.1, -0.05) is 23.8 Å². The van der Waals surface area contributed by atoms with Gasteiger partial charge in [-0.3, -0.25) is 4.90 Å². The summed E-state index contributed by atoms with van der Waals surface area (Å²) in [7, 11) is 1.69. The molecule has 2 amide bonds. The van der Waals surface area contributed by atoms with Crippen LogP contribution in [0.15, 0.2) is 35.9 Å². The Balaban J connectivity index is 1.35. The first-order valence-electron chi connectivity index (χ1n) is 9.80. The molecule has 1 saturated heterocycles. The van der Waals surface area contributed by atoms with Crippen LogP contribution in [-0.2, 0) is 6.54 Å². The topological polar surface area (TPSA) is 44.8 Å².